The van der Waals surface area contributed by atoms with Crippen LogP contribution in [0.1, 0.15) is 10.6 Å². The fraction of sp³-hybridized carbons (Fsp3) is 0.571. The van der Waals surface area contributed by atoms with Gasteiger partial charge in [0.1, 0.15) is 0 Å². The normalized spacial score (nSPS) is 10.1. The zero-order valence-electron chi connectivity index (χ0n) is 6.85. The fourth-order valence-electron chi connectivity index (χ4n) is 0.898. The Morgan fingerprint density at radius 2 is 2.36 bits per heavy atom. The maximum Gasteiger partial charge on any atom is 0.182 e. The van der Waals surface area contributed by atoms with Crippen molar-refractivity contribution in [3.63, 3.8) is 0 Å². The maximum atomic E-state index is 5.44. The summed E-state index contributed by atoms with van der Waals surface area (Å²) < 4.78 is 0. The van der Waals surface area contributed by atoms with E-state index >= 15 is 0 Å². The van der Waals surface area contributed by atoms with E-state index in [0.717, 1.165) is 17.2 Å². The molecule has 1 rings (SSSR count). The molecule has 0 unspecified atom stereocenters. The number of aromatic nitrogens is 1. The van der Waals surface area contributed by atoms with Gasteiger partial charge in [0.15, 0.2) is 5.13 Å². The van der Waals surface area contributed by atoms with E-state index in [-0.39, 0.29) is 0 Å². The first-order chi connectivity index (χ1) is 5.27. The molecule has 3 N–H and O–H groups in total. The second-order valence-electron chi connectivity index (χ2n) is 2.32. The molecule has 4 heteroatoms. The highest BCUT2D eigenvalue weighted by Gasteiger charge is 2.03. The van der Waals surface area contributed by atoms with Gasteiger partial charge < -0.3 is 11.1 Å². The fourth-order valence-corrected chi connectivity index (χ4v) is 1.83. The van der Waals surface area contributed by atoms with E-state index in [0.29, 0.717) is 6.54 Å². The van der Waals surface area contributed by atoms with Crippen molar-refractivity contribution in [1.82, 2.24) is 4.98 Å². The van der Waals surface area contributed by atoms with Crippen LogP contribution in [-0.4, -0.2) is 18.6 Å². The molecule has 0 amide bonds. The van der Waals surface area contributed by atoms with Crippen molar-refractivity contribution in [3.05, 3.63) is 10.6 Å². The Morgan fingerprint density at radius 1 is 1.64 bits per heavy atom. The molecule has 1 aromatic rings. The predicted octanol–water partition coefficient (Wildman–Crippen LogP) is 0.994. The average Bonchev–Trinajstić information content (AvgIpc) is 2.33. The first-order valence-electron chi connectivity index (χ1n) is 3.62. The molecule has 11 heavy (non-hydrogen) atoms. The standard InChI is InChI=1S/C7H13N3S/c1-5-6(3-4-8)11-7(9-2)10-5/h3-4,8H2,1-2H3,(H,9,10). The third-order valence-electron chi connectivity index (χ3n) is 1.48. The minimum Gasteiger partial charge on any atom is -0.365 e. The summed E-state index contributed by atoms with van der Waals surface area (Å²) in [6.45, 7) is 2.72. The van der Waals surface area contributed by atoms with Crippen LogP contribution in [0, 0.1) is 6.92 Å². The van der Waals surface area contributed by atoms with Crippen LogP contribution < -0.4 is 11.1 Å². The zero-order valence-corrected chi connectivity index (χ0v) is 7.66. The van der Waals surface area contributed by atoms with E-state index in [1.54, 1.807) is 11.3 Å². The molecule has 0 atom stereocenters. The molecule has 0 aliphatic rings. The third kappa shape index (κ3) is 1.91. The van der Waals surface area contributed by atoms with Crippen LogP contribution in [0.15, 0.2) is 0 Å². The molecule has 0 bridgehead atoms. The lowest BCUT2D eigenvalue weighted by molar-refractivity contribution is 0.970. The Morgan fingerprint density at radius 3 is 2.82 bits per heavy atom. The van der Waals surface area contributed by atoms with Crippen molar-refractivity contribution in [2.75, 3.05) is 18.9 Å². The van der Waals surface area contributed by atoms with Gasteiger partial charge in [-0.3, -0.25) is 0 Å². The molecule has 0 aliphatic heterocycles. The monoisotopic (exact) mass is 171 g/mol. The third-order valence-corrected chi connectivity index (χ3v) is 2.71. The second kappa shape index (κ2) is 3.69. The average molecular weight is 171 g/mol. The first-order valence-corrected chi connectivity index (χ1v) is 4.43. The summed E-state index contributed by atoms with van der Waals surface area (Å²) in [4.78, 5) is 5.59. The predicted molar refractivity (Wildman–Crippen MR) is 49.2 cm³/mol. The van der Waals surface area contributed by atoms with Gasteiger partial charge in [-0.15, -0.1) is 11.3 Å². The van der Waals surface area contributed by atoms with Crippen molar-refractivity contribution in [2.45, 2.75) is 13.3 Å². The summed E-state index contributed by atoms with van der Waals surface area (Å²) >= 11 is 1.68. The van der Waals surface area contributed by atoms with Gasteiger partial charge in [0.05, 0.1) is 5.69 Å². The summed E-state index contributed by atoms with van der Waals surface area (Å²) in [6, 6.07) is 0. The van der Waals surface area contributed by atoms with Crippen LogP contribution in [0.4, 0.5) is 5.13 Å². The quantitative estimate of drug-likeness (QED) is 0.713. The number of hydrogen-bond donors (Lipinski definition) is 2. The Balaban J connectivity index is 2.79. The van der Waals surface area contributed by atoms with Gasteiger partial charge in [0.25, 0.3) is 0 Å². The van der Waals surface area contributed by atoms with E-state index in [2.05, 4.69) is 10.3 Å². The molecule has 0 radical (unpaired) electrons. The second-order valence-corrected chi connectivity index (χ2v) is 3.40. The van der Waals surface area contributed by atoms with Crippen molar-refractivity contribution < 1.29 is 0 Å². The van der Waals surface area contributed by atoms with Crippen molar-refractivity contribution in [3.8, 4) is 0 Å². The number of nitrogens with one attached hydrogen (secondary N) is 1. The minimum absolute atomic E-state index is 0.701. The molecule has 0 spiro atoms. The minimum atomic E-state index is 0.701. The van der Waals surface area contributed by atoms with Crippen LogP contribution >= 0.6 is 11.3 Å². The Kier molecular flexibility index (Phi) is 2.84. The van der Waals surface area contributed by atoms with Gasteiger partial charge >= 0.3 is 0 Å². The number of anilines is 1. The van der Waals surface area contributed by atoms with Gasteiger partial charge in [-0.1, -0.05) is 0 Å². The highest BCUT2D eigenvalue weighted by molar-refractivity contribution is 7.15. The first kappa shape index (κ1) is 8.49. The summed E-state index contributed by atoms with van der Waals surface area (Å²) in [5.41, 5.74) is 6.54. The van der Waals surface area contributed by atoms with Gasteiger partial charge in [-0.05, 0) is 19.9 Å². The Labute approximate surface area is 70.6 Å². The van der Waals surface area contributed by atoms with Crippen molar-refractivity contribution in [2.24, 2.45) is 5.73 Å². The van der Waals surface area contributed by atoms with Gasteiger partial charge in [0.2, 0.25) is 0 Å². The molecular weight excluding hydrogens is 158 g/mol. The summed E-state index contributed by atoms with van der Waals surface area (Å²) in [5, 5.41) is 3.99. The lowest BCUT2D eigenvalue weighted by Gasteiger charge is -1.90. The van der Waals surface area contributed by atoms with Gasteiger partial charge in [-0.25, -0.2) is 4.98 Å². The molecular formula is C7H13N3S. The number of aryl methyl sites for hydroxylation is 1. The Bertz CT molecular complexity index is 232. The zero-order chi connectivity index (χ0) is 8.27. The topological polar surface area (TPSA) is 50.9 Å². The largest absolute Gasteiger partial charge is 0.365 e. The maximum absolute atomic E-state index is 5.44. The number of rotatable bonds is 3. The van der Waals surface area contributed by atoms with Crippen LogP contribution in [0.3, 0.4) is 0 Å². The van der Waals surface area contributed by atoms with Gasteiger partial charge in [-0.2, -0.15) is 0 Å². The highest BCUT2D eigenvalue weighted by atomic mass is 32.1. The smallest absolute Gasteiger partial charge is 0.182 e. The van der Waals surface area contributed by atoms with E-state index in [9.17, 15) is 0 Å². The van der Waals surface area contributed by atoms with E-state index in [1.807, 2.05) is 14.0 Å². The number of nitrogens with two attached hydrogens (primary N) is 1. The van der Waals surface area contributed by atoms with E-state index in [4.69, 9.17) is 5.73 Å². The molecule has 1 aromatic heterocycles. The van der Waals surface area contributed by atoms with Crippen molar-refractivity contribution >= 4 is 16.5 Å². The lowest BCUT2D eigenvalue weighted by atomic mass is 10.3. The molecule has 0 saturated heterocycles. The van der Waals surface area contributed by atoms with Crippen LogP contribution in [-0.2, 0) is 6.42 Å². The molecule has 0 fully saturated rings. The number of hydrogen-bond acceptors (Lipinski definition) is 4. The Hall–Kier alpha value is -0.610. The lowest BCUT2D eigenvalue weighted by Crippen LogP contribution is -2.01. The molecule has 62 valence electrons. The highest BCUT2D eigenvalue weighted by Crippen LogP contribution is 2.21. The molecule has 0 saturated carbocycles. The summed E-state index contributed by atoms with van der Waals surface area (Å²) in [5.74, 6) is 0. The van der Waals surface area contributed by atoms with E-state index in [1.165, 1.54) is 4.88 Å². The molecule has 0 aliphatic carbocycles. The number of thiazole rings is 1. The SMILES string of the molecule is CNc1nc(C)c(CCN)s1. The summed E-state index contributed by atoms with van der Waals surface area (Å²) in [7, 11) is 1.88. The van der Waals surface area contributed by atoms with Crippen LogP contribution in [0.5, 0.6) is 0 Å². The van der Waals surface area contributed by atoms with Crippen LogP contribution in [0.2, 0.25) is 0 Å². The molecule has 0 aromatic carbocycles. The molecule has 1 heterocycles. The van der Waals surface area contributed by atoms with Crippen LogP contribution in [0.25, 0.3) is 0 Å². The van der Waals surface area contributed by atoms with Crippen molar-refractivity contribution in [1.29, 1.82) is 0 Å². The molecule has 3 nitrogen and oxygen atoms in total. The number of nitrogens with zero attached hydrogens (tertiary/aromatic N) is 1. The van der Waals surface area contributed by atoms with Gasteiger partial charge in [0, 0.05) is 11.9 Å². The summed E-state index contributed by atoms with van der Waals surface area (Å²) in [6.07, 6.45) is 0.936. The van der Waals surface area contributed by atoms with E-state index < -0.39 is 0 Å².